The second-order valence-corrected chi connectivity index (χ2v) is 5.18. The normalized spacial score (nSPS) is 12.0. The van der Waals surface area contributed by atoms with Crippen LogP contribution in [0.2, 0.25) is 0 Å². The van der Waals surface area contributed by atoms with E-state index < -0.39 is 12.0 Å². The van der Waals surface area contributed by atoms with E-state index in [9.17, 15) is 9.59 Å². The first-order valence-electron chi connectivity index (χ1n) is 7.30. The average molecular weight is 300 g/mol. The number of rotatable bonds is 8. The lowest BCUT2D eigenvalue weighted by atomic mass is 10.1. The highest BCUT2D eigenvalue weighted by Gasteiger charge is 2.18. The predicted molar refractivity (Wildman–Crippen MR) is 85.6 cm³/mol. The highest BCUT2D eigenvalue weighted by molar-refractivity contribution is 5.85. The maximum atomic E-state index is 11.9. The quantitative estimate of drug-likeness (QED) is 0.655. The van der Waals surface area contributed by atoms with Gasteiger partial charge in [-0.3, -0.25) is 4.79 Å². The number of hydrogen-bond acceptors (Lipinski definition) is 2. The first-order chi connectivity index (χ1) is 10.6. The number of aromatic nitrogens is 1. The Morgan fingerprint density at radius 2 is 2.14 bits per heavy atom. The SMILES string of the molecule is C=CCCC(NC(=O)CCc1c[nH]c2ccccc12)C(=O)O. The Hall–Kier alpha value is -2.56. The van der Waals surface area contributed by atoms with Gasteiger partial charge in [-0.2, -0.15) is 0 Å². The van der Waals surface area contributed by atoms with Gasteiger partial charge in [0.25, 0.3) is 0 Å². The van der Waals surface area contributed by atoms with Crippen LogP contribution in [-0.2, 0) is 16.0 Å². The van der Waals surface area contributed by atoms with Crippen molar-refractivity contribution in [2.24, 2.45) is 0 Å². The standard InChI is InChI=1S/C17H20N2O3/c1-2-3-7-15(17(21)22)19-16(20)10-9-12-11-18-14-8-5-4-6-13(12)14/h2,4-6,8,11,15,18H,1,3,7,9-10H2,(H,19,20)(H,21,22). The lowest BCUT2D eigenvalue weighted by Crippen LogP contribution is -2.40. The molecule has 1 atom stereocenters. The molecule has 0 radical (unpaired) electrons. The molecule has 3 N–H and O–H groups in total. The molecule has 0 aliphatic rings. The number of H-pyrrole nitrogens is 1. The van der Waals surface area contributed by atoms with Gasteiger partial charge in [0.05, 0.1) is 0 Å². The number of carbonyl (C=O) groups is 2. The Balaban J connectivity index is 1.91. The molecule has 1 unspecified atom stereocenters. The van der Waals surface area contributed by atoms with E-state index in [0.29, 0.717) is 19.3 Å². The summed E-state index contributed by atoms with van der Waals surface area (Å²) < 4.78 is 0. The molecule has 2 rings (SSSR count). The number of carboxylic acid groups (broad SMARTS) is 1. The van der Waals surface area contributed by atoms with Crippen LogP contribution in [0.25, 0.3) is 10.9 Å². The maximum absolute atomic E-state index is 11.9. The summed E-state index contributed by atoms with van der Waals surface area (Å²) in [7, 11) is 0. The number of fused-ring (bicyclic) bond motifs is 1. The van der Waals surface area contributed by atoms with Crippen molar-refractivity contribution in [2.75, 3.05) is 0 Å². The Morgan fingerprint density at radius 1 is 1.36 bits per heavy atom. The molecule has 1 aromatic carbocycles. The fourth-order valence-corrected chi connectivity index (χ4v) is 2.40. The van der Waals surface area contributed by atoms with Gasteiger partial charge in [0.15, 0.2) is 0 Å². The van der Waals surface area contributed by atoms with E-state index in [1.165, 1.54) is 0 Å². The second-order valence-electron chi connectivity index (χ2n) is 5.18. The molecule has 0 fully saturated rings. The lowest BCUT2D eigenvalue weighted by Gasteiger charge is -2.13. The first kappa shape index (κ1) is 15.8. The van der Waals surface area contributed by atoms with Crippen LogP contribution in [0.3, 0.4) is 0 Å². The minimum Gasteiger partial charge on any atom is -0.480 e. The van der Waals surface area contributed by atoms with Crippen LogP contribution in [-0.4, -0.2) is 28.0 Å². The Kier molecular flexibility index (Phi) is 5.36. The van der Waals surface area contributed by atoms with Crippen molar-refractivity contribution in [1.29, 1.82) is 0 Å². The fraction of sp³-hybridized carbons (Fsp3) is 0.294. The molecule has 1 heterocycles. The summed E-state index contributed by atoms with van der Waals surface area (Å²) in [6, 6.07) is 7.04. The maximum Gasteiger partial charge on any atom is 0.326 e. The number of benzene rings is 1. The number of carbonyl (C=O) groups excluding carboxylic acids is 1. The van der Waals surface area contributed by atoms with Crippen LogP contribution >= 0.6 is 0 Å². The Bertz CT molecular complexity index is 675. The third-order valence-electron chi connectivity index (χ3n) is 3.59. The number of para-hydroxylation sites is 1. The molecule has 2 aromatic rings. The van der Waals surface area contributed by atoms with Gasteiger partial charge in [0, 0.05) is 23.5 Å². The number of aryl methyl sites for hydroxylation is 1. The number of hydrogen-bond donors (Lipinski definition) is 3. The molecule has 0 bridgehead atoms. The molecular formula is C17H20N2O3. The molecule has 0 saturated carbocycles. The molecule has 0 saturated heterocycles. The molecule has 5 heteroatoms. The zero-order chi connectivity index (χ0) is 15.9. The van der Waals surface area contributed by atoms with Gasteiger partial charge in [0.1, 0.15) is 6.04 Å². The number of nitrogens with one attached hydrogen (secondary N) is 2. The summed E-state index contributed by atoms with van der Waals surface area (Å²) >= 11 is 0. The van der Waals surface area contributed by atoms with Gasteiger partial charge in [-0.05, 0) is 30.9 Å². The van der Waals surface area contributed by atoms with Crippen LogP contribution in [0.1, 0.15) is 24.8 Å². The Morgan fingerprint density at radius 3 is 2.86 bits per heavy atom. The van der Waals surface area contributed by atoms with Crippen LogP contribution in [0.5, 0.6) is 0 Å². The van der Waals surface area contributed by atoms with Crippen molar-refractivity contribution in [1.82, 2.24) is 10.3 Å². The molecule has 1 aromatic heterocycles. The molecule has 0 aliphatic carbocycles. The first-order valence-corrected chi connectivity index (χ1v) is 7.30. The third-order valence-corrected chi connectivity index (χ3v) is 3.59. The molecule has 0 spiro atoms. The Labute approximate surface area is 129 Å². The van der Waals surface area contributed by atoms with Gasteiger partial charge in [0.2, 0.25) is 5.91 Å². The summed E-state index contributed by atoms with van der Waals surface area (Å²) in [6.07, 6.45) is 5.29. The smallest absolute Gasteiger partial charge is 0.326 e. The van der Waals surface area contributed by atoms with Crippen molar-refractivity contribution in [2.45, 2.75) is 31.7 Å². The highest BCUT2D eigenvalue weighted by Crippen LogP contribution is 2.18. The number of carboxylic acids is 1. The van der Waals surface area contributed by atoms with Crippen molar-refractivity contribution in [3.63, 3.8) is 0 Å². The van der Waals surface area contributed by atoms with Gasteiger partial charge in [-0.15, -0.1) is 6.58 Å². The van der Waals surface area contributed by atoms with E-state index in [1.807, 2.05) is 30.5 Å². The van der Waals surface area contributed by atoms with E-state index >= 15 is 0 Å². The van der Waals surface area contributed by atoms with Gasteiger partial charge in [-0.1, -0.05) is 24.3 Å². The largest absolute Gasteiger partial charge is 0.480 e. The van der Waals surface area contributed by atoms with Gasteiger partial charge >= 0.3 is 5.97 Å². The van der Waals surface area contributed by atoms with Crippen LogP contribution < -0.4 is 5.32 Å². The summed E-state index contributed by atoms with van der Waals surface area (Å²) in [5.74, 6) is -1.26. The monoisotopic (exact) mass is 300 g/mol. The van der Waals surface area contributed by atoms with Crippen molar-refractivity contribution in [3.8, 4) is 0 Å². The topological polar surface area (TPSA) is 82.2 Å². The van der Waals surface area contributed by atoms with E-state index in [1.54, 1.807) is 6.08 Å². The van der Waals surface area contributed by atoms with Crippen LogP contribution in [0.15, 0.2) is 43.1 Å². The highest BCUT2D eigenvalue weighted by atomic mass is 16.4. The van der Waals surface area contributed by atoms with Crippen molar-refractivity contribution in [3.05, 3.63) is 48.7 Å². The number of amides is 1. The number of aliphatic carboxylic acids is 1. The van der Waals surface area contributed by atoms with Crippen LogP contribution in [0.4, 0.5) is 0 Å². The molecule has 1 amide bonds. The van der Waals surface area contributed by atoms with E-state index in [2.05, 4.69) is 16.9 Å². The zero-order valence-electron chi connectivity index (χ0n) is 12.3. The van der Waals surface area contributed by atoms with Gasteiger partial charge < -0.3 is 15.4 Å². The molecule has 5 nitrogen and oxygen atoms in total. The molecular weight excluding hydrogens is 280 g/mol. The van der Waals surface area contributed by atoms with Crippen LogP contribution in [0, 0.1) is 0 Å². The van der Waals surface area contributed by atoms with Gasteiger partial charge in [-0.25, -0.2) is 4.79 Å². The van der Waals surface area contributed by atoms with E-state index in [0.717, 1.165) is 16.5 Å². The average Bonchev–Trinajstić information content (AvgIpc) is 2.92. The zero-order valence-corrected chi connectivity index (χ0v) is 12.3. The molecule has 116 valence electrons. The summed E-state index contributed by atoms with van der Waals surface area (Å²) in [6.45, 7) is 3.56. The lowest BCUT2D eigenvalue weighted by molar-refractivity contribution is -0.142. The summed E-state index contributed by atoms with van der Waals surface area (Å²) in [5, 5.41) is 12.7. The fourth-order valence-electron chi connectivity index (χ4n) is 2.40. The van der Waals surface area contributed by atoms with Crippen molar-refractivity contribution >= 4 is 22.8 Å². The summed E-state index contributed by atoms with van der Waals surface area (Å²) in [4.78, 5) is 26.2. The van der Waals surface area contributed by atoms with E-state index in [-0.39, 0.29) is 12.3 Å². The van der Waals surface area contributed by atoms with E-state index in [4.69, 9.17) is 5.11 Å². The number of aromatic amines is 1. The minimum absolute atomic E-state index is 0.248. The number of allylic oxidation sites excluding steroid dienone is 1. The second kappa shape index (κ2) is 7.45. The predicted octanol–water partition coefficient (Wildman–Crippen LogP) is 2.64. The summed E-state index contributed by atoms with van der Waals surface area (Å²) in [5.41, 5.74) is 2.09. The minimum atomic E-state index is -1.01. The van der Waals surface area contributed by atoms with Crippen molar-refractivity contribution < 1.29 is 14.7 Å². The molecule has 22 heavy (non-hydrogen) atoms. The third kappa shape index (κ3) is 3.97. The molecule has 0 aliphatic heterocycles.